The average molecular weight is 1110 g/mol. The Kier molecular flexibility index (Phi) is 16.5. The van der Waals surface area contributed by atoms with Crippen LogP contribution in [0.2, 0.25) is 5.02 Å². The topological polar surface area (TPSA) is 208 Å². The van der Waals surface area contributed by atoms with Gasteiger partial charge in [0, 0.05) is 67.0 Å². The fourth-order valence-corrected chi connectivity index (χ4v) is 12.9. The summed E-state index contributed by atoms with van der Waals surface area (Å²) in [5.41, 5.74) is 5.31. The van der Waals surface area contributed by atoms with Crippen LogP contribution in [0.3, 0.4) is 0 Å². The molecule has 4 fully saturated rings. The van der Waals surface area contributed by atoms with Crippen LogP contribution in [-0.2, 0) is 25.5 Å². The molecule has 2 bridgehead atoms. The second-order valence-electron chi connectivity index (χ2n) is 22.6. The van der Waals surface area contributed by atoms with Crippen LogP contribution in [0.1, 0.15) is 89.6 Å². The van der Waals surface area contributed by atoms with Gasteiger partial charge in [-0.2, -0.15) is 9.97 Å². The number of aliphatic hydroxyl groups is 1. The Morgan fingerprint density at radius 1 is 0.987 bits per heavy atom. The number of piperidine rings is 1. The number of nitrogens with zero attached hydrogens (tertiary/aromatic N) is 7. The normalized spacial score (nSPS) is 20.8. The molecule has 10 rings (SSSR count). The predicted octanol–water partition coefficient (Wildman–Crippen LogP) is 7.76. The Bertz CT molecular complexity index is 3190. The number of piperazine rings is 1. The van der Waals surface area contributed by atoms with Crippen molar-refractivity contribution >= 4 is 68.2 Å². The van der Waals surface area contributed by atoms with E-state index >= 15 is 4.39 Å². The van der Waals surface area contributed by atoms with E-state index in [2.05, 4.69) is 40.7 Å². The quantitative estimate of drug-likeness (QED) is 0.0592. The zero-order chi connectivity index (χ0) is 55.0. The highest BCUT2D eigenvalue weighted by Gasteiger charge is 2.45. The number of hydrogen-bond acceptors (Lipinski definition) is 15. The standard InChI is InChI=1S/C58H70ClFN10O7S/c1-7-35-9-8-10-37-21-40(71)23-43(48(35)37)50-49(60)51-44(25-61-50)54(69-26-38-12-13-39(27-69)64-38)67-57(66-51)77-20-19-68-17-15-34(16-18-68)29-76-30-47(73)65-53(58(4,5)6)56(75)70-28-41(72)24-46(70)55(74)63-32(2)36-11-14-42(45(59)22-36)52-33(3)62-31-78-52/h8-11,14,21-23,25,31-32,34,38-39,41,46,53,64,71-72H,7,12-13,15-20,24,26-30H2,1-6H3,(H,63,74)(H,65,73)/t32?,38?,39?,41-,46+,53?/m1/s1. The summed E-state index contributed by atoms with van der Waals surface area (Å²) in [6.07, 6.45) is 5.32. The number of aryl methyl sites for hydroxylation is 2. The molecule has 78 heavy (non-hydrogen) atoms. The molecular weight excluding hydrogens is 1040 g/mol. The minimum atomic E-state index is -0.990. The molecule has 0 saturated carbocycles. The fourth-order valence-electron chi connectivity index (χ4n) is 11.7. The Morgan fingerprint density at radius 3 is 2.46 bits per heavy atom. The monoisotopic (exact) mass is 1100 g/mol. The molecule has 4 aliphatic rings. The van der Waals surface area contributed by atoms with E-state index in [1.165, 1.54) is 16.2 Å². The number of likely N-dealkylation sites (tertiary alicyclic amines) is 2. The lowest BCUT2D eigenvalue weighted by Crippen LogP contribution is -2.58. The maximum absolute atomic E-state index is 17.1. The maximum Gasteiger partial charge on any atom is 0.319 e. The van der Waals surface area contributed by atoms with Gasteiger partial charge in [0.2, 0.25) is 17.7 Å². The van der Waals surface area contributed by atoms with Crippen molar-refractivity contribution in [3.8, 4) is 33.5 Å². The van der Waals surface area contributed by atoms with E-state index in [1.807, 2.05) is 77.9 Å². The van der Waals surface area contributed by atoms with Crippen molar-refractivity contribution < 1.29 is 38.5 Å². The number of anilines is 1. The first-order chi connectivity index (χ1) is 37.4. The first-order valence-corrected chi connectivity index (χ1v) is 28.5. The van der Waals surface area contributed by atoms with Crippen molar-refractivity contribution in [2.75, 3.05) is 64.0 Å². The van der Waals surface area contributed by atoms with Crippen LogP contribution < -0.4 is 25.6 Å². The molecule has 4 aliphatic heterocycles. The lowest BCUT2D eigenvalue weighted by Gasteiger charge is -2.35. The number of carbonyl (C=O) groups excluding carboxylic acids is 3. The third-order valence-electron chi connectivity index (χ3n) is 15.9. The molecule has 3 aromatic carbocycles. The van der Waals surface area contributed by atoms with Crippen LogP contribution in [0.5, 0.6) is 11.8 Å². The van der Waals surface area contributed by atoms with Crippen molar-refractivity contribution in [1.29, 1.82) is 0 Å². The number of hydrogen-bond donors (Lipinski definition) is 5. The van der Waals surface area contributed by atoms with E-state index in [0.717, 1.165) is 96.3 Å². The van der Waals surface area contributed by atoms with Gasteiger partial charge in [0.15, 0.2) is 5.82 Å². The Hall–Kier alpha value is -6.09. The van der Waals surface area contributed by atoms with Crippen LogP contribution in [-0.4, -0.2) is 147 Å². The SMILES string of the molecule is CCc1cccc2cc(O)cc(-c3ncc4c(N5CC6CCC(C5)N6)nc(OCCN5CCC(COCC(=O)NC(C(=O)N6C[C@H](O)C[C@H]6C(=O)NC(C)c6ccc(-c7scnc7C)c(Cl)c6)C(C)(C)C)CC5)nc4c3F)c12. The van der Waals surface area contributed by atoms with Gasteiger partial charge in [-0.1, -0.05) is 69.6 Å². The van der Waals surface area contributed by atoms with E-state index in [1.54, 1.807) is 23.8 Å². The van der Waals surface area contributed by atoms with Crippen molar-refractivity contribution in [1.82, 2.24) is 45.7 Å². The van der Waals surface area contributed by atoms with Gasteiger partial charge >= 0.3 is 6.01 Å². The van der Waals surface area contributed by atoms with Gasteiger partial charge in [0.25, 0.3) is 0 Å². The second-order valence-corrected chi connectivity index (χ2v) is 23.8. The molecule has 0 aliphatic carbocycles. The molecule has 6 atom stereocenters. The number of aromatic nitrogens is 4. The van der Waals surface area contributed by atoms with Gasteiger partial charge in [0.1, 0.15) is 48.1 Å². The molecule has 17 nitrogen and oxygen atoms in total. The minimum Gasteiger partial charge on any atom is -0.508 e. The van der Waals surface area contributed by atoms with Crippen LogP contribution in [0.4, 0.5) is 10.2 Å². The van der Waals surface area contributed by atoms with Crippen LogP contribution in [0.25, 0.3) is 43.4 Å². The van der Waals surface area contributed by atoms with Gasteiger partial charge in [-0.3, -0.25) is 24.3 Å². The lowest BCUT2D eigenvalue weighted by molar-refractivity contribution is -0.144. The number of rotatable bonds is 17. The van der Waals surface area contributed by atoms with E-state index in [0.29, 0.717) is 47.0 Å². The molecule has 4 unspecified atom stereocenters. The number of nitrogens with one attached hydrogen (secondary N) is 3. The number of carbonyl (C=O) groups is 3. The highest BCUT2D eigenvalue weighted by Crippen LogP contribution is 2.40. The van der Waals surface area contributed by atoms with E-state index in [9.17, 15) is 24.6 Å². The van der Waals surface area contributed by atoms with Crippen LogP contribution in [0.15, 0.2) is 60.2 Å². The van der Waals surface area contributed by atoms with Crippen LogP contribution >= 0.6 is 22.9 Å². The molecule has 3 aromatic heterocycles. The van der Waals surface area contributed by atoms with Crippen molar-refractivity contribution in [3.05, 3.63) is 87.9 Å². The number of phenolic OH excluding ortho intramolecular Hbond substituents is 1. The number of ether oxygens (including phenoxy) is 2. The highest BCUT2D eigenvalue weighted by molar-refractivity contribution is 7.13. The summed E-state index contributed by atoms with van der Waals surface area (Å²) < 4.78 is 29.3. The predicted molar refractivity (Wildman–Crippen MR) is 300 cm³/mol. The first-order valence-electron chi connectivity index (χ1n) is 27.3. The van der Waals surface area contributed by atoms with Gasteiger partial charge in [-0.15, -0.1) is 11.3 Å². The second kappa shape index (κ2) is 23.3. The van der Waals surface area contributed by atoms with Crippen molar-refractivity contribution in [2.45, 2.75) is 116 Å². The molecule has 0 radical (unpaired) electrons. The summed E-state index contributed by atoms with van der Waals surface area (Å²) in [5.74, 6) is -1.09. The number of pyridine rings is 1. The number of benzene rings is 3. The van der Waals surface area contributed by atoms with Gasteiger partial charge in [-0.25, -0.2) is 9.37 Å². The minimum absolute atomic E-state index is 0.0224. The largest absolute Gasteiger partial charge is 0.508 e. The summed E-state index contributed by atoms with van der Waals surface area (Å²) >= 11 is 8.20. The summed E-state index contributed by atoms with van der Waals surface area (Å²) in [4.78, 5) is 67.0. The highest BCUT2D eigenvalue weighted by atomic mass is 35.5. The number of fused-ring (bicyclic) bond motifs is 4. The smallest absolute Gasteiger partial charge is 0.319 e. The number of halogens is 2. The summed E-state index contributed by atoms with van der Waals surface area (Å²) in [7, 11) is 0. The number of β-amino-alcohol motifs (C(OH)–C–C–N with tert-alkyl or cyclic N) is 1. The Labute approximate surface area is 463 Å². The van der Waals surface area contributed by atoms with Crippen molar-refractivity contribution in [3.63, 3.8) is 0 Å². The number of phenols is 1. The molecule has 5 N–H and O–H groups in total. The van der Waals surface area contributed by atoms with Gasteiger partial charge < -0.3 is 45.4 Å². The molecule has 20 heteroatoms. The van der Waals surface area contributed by atoms with E-state index < -0.39 is 53.2 Å². The maximum atomic E-state index is 17.1. The third kappa shape index (κ3) is 11.9. The zero-order valence-electron chi connectivity index (χ0n) is 45.2. The van der Waals surface area contributed by atoms with Gasteiger partial charge in [-0.05, 0) is 110 Å². The number of aromatic hydroxyl groups is 1. The molecule has 3 amide bonds. The lowest BCUT2D eigenvalue weighted by atomic mass is 9.85. The zero-order valence-corrected chi connectivity index (χ0v) is 46.7. The molecular formula is C58H70ClFN10O7S. The number of amides is 3. The third-order valence-corrected chi connectivity index (χ3v) is 17.2. The first kappa shape index (κ1) is 55.2. The summed E-state index contributed by atoms with van der Waals surface area (Å²) in [6.45, 7) is 15.3. The molecule has 7 heterocycles. The average Bonchev–Trinajstić information content (AvgIpc) is 4.27. The fraction of sp³-hybridized carbons (Fsp3) is 0.500. The Morgan fingerprint density at radius 2 is 1.76 bits per heavy atom. The molecule has 0 spiro atoms. The van der Waals surface area contributed by atoms with E-state index in [-0.39, 0.29) is 55.1 Å². The van der Waals surface area contributed by atoms with Gasteiger partial charge in [0.05, 0.1) is 40.2 Å². The van der Waals surface area contributed by atoms with Crippen molar-refractivity contribution in [2.24, 2.45) is 11.3 Å². The Balaban J connectivity index is 0.723. The molecule has 414 valence electrons. The van der Waals surface area contributed by atoms with E-state index in [4.69, 9.17) is 26.1 Å². The molecule has 4 saturated heterocycles. The van der Waals surface area contributed by atoms with Crippen LogP contribution in [0, 0.1) is 24.1 Å². The molecule has 6 aromatic rings. The number of thiazole rings is 1. The summed E-state index contributed by atoms with van der Waals surface area (Å²) in [6, 6.07) is 13.1. The number of aliphatic hydroxyl groups excluding tert-OH is 1. The summed E-state index contributed by atoms with van der Waals surface area (Å²) in [5, 5.41) is 33.8.